The molecule has 0 aromatic heterocycles. The first-order valence-electron chi connectivity index (χ1n) is 7.14. The number of phenols is 1. The number of benzene rings is 2. The van der Waals surface area contributed by atoms with Gasteiger partial charge in [0, 0.05) is 23.3 Å². The molecule has 0 fully saturated rings. The number of halogens is 1. The maximum Gasteiger partial charge on any atom is 0.257 e. The fourth-order valence-corrected chi connectivity index (χ4v) is 2.66. The van der Waals surface area contributed by atoms with Crippen LogP contribution in [0.25, 0.3) is 10.8 Å². The fourth-order valence-electron chi connectivity index (χ4n) is 2.41. The Balaban J connectivity index is 2.39. The van der Waals surface area contributed by atoms with Crippen molar-refractivity contribution in [1.29, 1.82) is 0 Å². The van der Waals surface area contributed by atoms with Gasteiger partial charge >= 0.3 is 0 Å². The van der Waals surface area contributed by atoms with E-state index >= 15 is 0 Å². The molecule has 0 unspecified atom stereocenters. The van der Waals surface area contributed by atoms with Crippen molar-refractivity contribution in [3.05, 3.63) is 42.0 Å². The van der Waals surface area contributed by atoms with E-state index in [1.54, 1.807) is 11.0 Å². The highest BCUT2D eigenvalue weighted by molar-refractivity contribution is 9.09. The highest BCUT2D eigenvalue weighted by Gasteiger charge is 2.21. The van der Waals surface area contributed by atoms with Gasteiger partial charge in [0.25, 0.3) is 5.91 Å². The lowest BCUT2D eigenvalue weighted by atomic mass is 10.0. The molecule has 0 bridgehead atoms. The topological polar surface area (TPSA) is 40.5 Å². The van der Waals surface area contributed by atoms with Crippen molar-refractivity contribution in [1.82, 2.24) is 4.90 Å². The molecule has 0 heterocycles. The van der Waals surface area contributed by atoms with Crippen LogP contribution in [0.2, 0.25) is 0 Å². The normalized spacial score (nSPS) is 11.0. The Morgan fingerprint density at radius 2 is 1.95 bits per heavy atom. The molecule has 0 aliphatic rings. The molecule has 3 nitrogen and oxygen atoms in total. The van der Waals surface area contributed by atoms with Crippen LogP contribution >= 0.6 is 15.9 Å². The second-order valence-corrected chi connectivity index (χ2v) is 6.11. The summed E-state index contributed by atoms with van der Waals surface area (Å²) >= 11 is 3.39. The number of hydrogen-bond acceptors (Lipinski definition) is 2. The zero-order valence-electron chi connectivity index (χ0n) is 12.3. The molecule has 21 heavy (non-hydrogen) atoms. The summed E-state index contributed by atoms with van der Waals surface area (Å²) in [6.45, 7) is 4.66. The molecule has 0 aliphatic carbocycles. The predicted molar refractivity (Wildman–Crippen MR) is 90.2 cm³/mol. The van der Waals surface area contributed by atoms with E-state index in [1.165, 1.54) is 0 Å². The maximum absolute atomic E-state index is 12.7. The zero-order chi connectivity index (χ0) is 15.4. The lowest BCUT2D eigenvalue weighted by molar-refractivity contribution is 0.0704. The molecule has 1 amide bonds. The van der Waals surface area contributed by atoms with Gasteiger partial charge in [0.15, 0.2) is 0 Å². The molecule has 0 spiro atoms. The molecule has 0 saturated heterocycles. The minimum atomic E-state index is -0.116. The number of fused-ring (bicyclic) bond motifs is 1. The Bertz CT molecular complexity index is 640. The molecule has 2 aromatic rings. The first-order valence-corrected chi connectivity index (χ1v) is 8.26. The second-order valence-electron chi connectivity index (χ2n) is 5.32. The molecule has 112 valence electrons. The summed E-state index contributed by atoms with van der Waals surface area (Å²) in [6.07, 6.45) is 0.887. The standard InChI is InChI=1S/C17H20BrNO2/c1-12(2)19(11-5-10-18)17(21)15-9-8-13-6-3-4-7-14(13)16(15)20/h3-4,6-9,12,20H,5,10-11H2,1-2H3. The van der Waals surface area contributed by atoms with Crippen molar-refractivity contribution in [3.8, 4) is 5.75 Å². The molecule has 0 aliphatic heterocycles. The molecule has 4 heteroatoms. The highest BCUT2D eigenvalue weighted by atomic mass is 79.9. The van der Waals surface area contributed by atoms with Crippen LogP contribution in [0.1, 0.15) is 30.6 Å². The third kappa shape index (κ3) is 3.38. The molecule has 0 radical (unpaired) electrons. The van der Waals surface area contributed by atoms with Crippen molar-refractivity contribution in [2.75, 3.05) is 11.9 Å². The SMILES string of the molecule is CC(C)N(CCCBr)C(=O)c1ccc2ccccc2c1O. The van der Waals surface area contributed by atoms with Gasteiger partial charge in [-0.05, 0) is 31.7 Å². The number of carbonyl (C=O) groups excluding carboxylic acids is 1. The lowest BCUT2D eigenvalue weighted by Gasteiger charge is -2.27. The van der Waals surface area contributed by atoms with Crippen molar-refractivity contribution in [3.63, 3.8) is 0 Å². The molecule has 2 aromatic carbocycles. The smallest absolute Gasteiger partial charge is 0.257 e. The van der Waals surface area contributed by atoms with E-state index in [0.717, 1.165) is 17.1 Å². The number of nitrogens with zero attached hydrogens (tertiary/aromatic N) is 1. The van der Waals surface area contributed by atoms with Gasteiger partial charge in [-0.25, -0.2) is 0 Å². The summed E-state index contributed by atoms with van der Waals surface area (Å²) in [5.74, 6) is -0.0446. The van der Waals surface area contributed by atoms with Gasteiger partial charge in [-0.2, -0.15) is 0 Å². The van der Waals surface area contributed by atoms with Crippen LogP contribution in [0.4, 0.5) is 0 Å². The summed E-state index contributed by atoms with van der Waals surface area (Å²) in [5.41, 5.74) is 0.372. The predicted octanol–water partition coefficient (Wildman–Crippen LogP) is 4.18. The van der Waals surface area contributed by atoms with Crippen molar-refractivity contribution < 1.29 is 9.90 Å². The lowest BCUT2D eigenvalue weighted by Crippen LogP contribution is -2.37. The largest absolute Gasteiger partial charge is 0.506 e. The summed E-state index contributed by atoms with van der Waals surface area (Å²) in [4.78, 5) is 14.5. The maximum atomic E-state index is 12.7. The Morgan fingerprint density at radius 3 is 2.62 bits per heavy atom. The van der Waals surface area contributed by atoms with Gasteiger partial charge < -0.3 is 10.0 Å². The molecular formula is C17H20BrNO2. The minimum absolute atomic E-state index is 0.0718. The van der Waals surface area contributed by atoms with Gasteiger partial charge in [0.1, 0.15) is 5.75 Å². The minimum Gasteiger partial charge on any atom is -0.506 e. The van der Waals surface area contributed by atoms with Crippen LogP contribution in [0.3, 0.4) is 0 Å². The number of hydrogen-bond donors (Lipinski definition) is 1. The van der Waals surface area contributed by atoms with E-state index in [4.69, 9.17) is 0 Å². The van der Waals surface area contributed by atoms with E-state index < -0.39 is 0 Å². The van der Waals surface area contributed by atoms with E-state index in [2.05, 4.69) is 15.9 Å². The number of carbonyl (C=O) groups is 1. The van der Waals surface area contributed by atoms with Crippen LogP contribution < -0.4 is 0 Å². The van der Waals surface area contributed by atoms with Gasteiger partial charge in [-0.1, -0.05) is 46.3 Å². The number of phenolic OH excluding ortho intramolecular Hbond substituents is 1. The third-order valence-electron chi connectivity index (χ3n) is 3.55. The summed E-state index contributed by atoms with van der Waals surface area (Å²) in [6, 6.07) is 11.2. The number of amides is 1. The number of aromatic hydroxyl groups is 1. The second kappa shape index (κ2) is 6.94. The first-order chi connectivity index (χ1) is 10.1. The fraction of sp³-hybridized carbons (Fsp3) is 0.353. The average Bonchev–Trinajstić information content (AvgIpc) is 2.47. The highest BCUT2D eigenvalue weighted by Crippen LogP contribution is 2.29. The first kappa shape index (κ1) is 15.8. The van der Waals surface area contributed by atoms with Gasteiger partial charge in [-0.15, -0.1) is 0 Å². The van der Waals surface area contributed by atoms with Crippen LogP contribution in [0.15, 0.2) is 36.4 Å². The van der Waals surface area contributed by atoms with Crippen LogP contribution in [-0.2, 0) is 0 Å². The molecular weight excluding hydrogens is 330 g/mol. The van der Waals surface area contributed by atoms with E-state index in [-0.39, 0.29) is 17.7 Å². The van der Waals surface area contributed by atoms with Crippen LogP contribution in [0.5, 0.6) is 5.75 Å². The molecule has 0 atom stereocenters. The van der Waals surface area contributed by atoms with E-state index in [1.807, 2.05) is 44.2 Å². The summed E-state index contributed by atoms with van der Waals surface area (Å²) < 4.78 is 0. The van der Waals surface area contributed by atoms with E-state index in [9.17, 15) is 9.90 Å². The monoisotopic (exact) mass is 349 g/mol. The zero-order valence-corrected chi connectivity index (χ0v) is 13.9. The number of alkyl halides is 1. The average molecular weight is 350 g/mol. The quantitative estimate of drug-likeness (QED) is 0.822. The van der Waals surface area contributed by atoms with Crippen molar-refractivity contribution >= 4 is 32.6 Å². The Labute approximate surface area is 133 Å². The Kier molecular flexibility index (Phi) is 5.23. The Morgan fingerprint density at radius 1 is 1.24 bits per heavy atom. The van der Waals surface area contributed by atoms with Crippen LogP contribution in [0, 0.1) is 0 Å². The van der Waals surface area contributed by atoms with Gasteiger partial charge in [0.2, 0.25) is 0 Å². The van der Waals surface area contributed by atoms with Gasteiger partial charge in [-0.3, -0.25) is 4.79 Å². The molecule has 2 rings (SSSR count). The summed E-state index contributed by atoms with van der Waals surface area (Å²) in [5, 5.41) is 12.9. The van der Waals surface area contributed by atoms with E-state index in [0.29, 0.717) is 17.5 Å². The van der Waals surface area contributed by atoms with Crippen molar-refractivity contribution in [2.24, 2.45) is 0 Å². The van der Waals surface area contributed by atoms with Crippen molar-refractivity contribution in [2.45, 2.75) is 26.3 Å². The Hall–Kier alpha value is -1.55. The number of rotatable bonds is 5. The van der Waals surface area contributed by atoms with Crippen LogP contribution in [-0.4, -0.2) is 33.8 Å². The third-order valence-corrected chi connectivity index (χ3v) is 4.11. The molecule has 1 N–H and O–H groups in total. The van der Waals surface area contributed by atoms with Gasteiger partial charge in [0.05, 0.1) is 5.56 Å². The summed E-state index contributed by atoms with van der Waals surface area (Å²) in [7, 11) is 0. The molecule has 0 saturated carbocycles.